The van der Waals surface area contributed by atoms with Crippen molar-refractivity contribution in [3.8, 4) is 0 Å². The molecule has 0 heterocycles. The third-order valence-corrected chi connectivity index (χ3v) is 8.53. The van der Waals surface area contributed by atoms with Crippen LogP contribution >= 0.6 is 0 Å². The molecule has 0 amide bonds. The van der Waals surface area contributed by atoms with Gasteiger partial charge in [-0.15, -0.1) is 0 Å². The smallest absolute Gasteiger partial charge is 0.309 e. The van der Waals surface area contributed by atoms with E-state index in [2.05, 4.69) is 32.9 Å². The molecule has 1 spiro atoms. The third-order valence-electron chi connectivity index (χ3n) is 8.53. The molecule has 0 bridgehead atoms. The molecule has 4 aliphatic carbocycles. The first-order valence-electron chi connectivity index (χ1n) is 9.62. The maximum absolute atomic E-state index is 12.2. The molecular weight excluding hydrogens is 284 g/mol. The number of hydrogen-bond acceptors (Lipinski definition) is 2. The second-order valence-electron chi connectivity index (χ2n) is 9.70. The molecule has 2 nitrogen and oxygen atoms in total. The zero-order valence-corrected chi connectivity index (χ0v) is 15.2. The Morgan fingerprint density at radius 2 is 1.83 bits per heavy atom. The quantitative estimate of drug-likeness (QED) is 0.503. The van der Waals surface area contributed by atoms with Crippen LogP contribution in [0.25, 0.3) is 0 Å². The molecule has 0 aromatic rings. The van der Waals surface area contributed by atoms with Crippen LogP contribution in [-0.4, -0.2) is 13.1 Å². The fraction of sp³-hybridized carbons (Fsp3) is 0.857. The molecule has 4 rings (SSSR count). The Kier molecular flexibility index (Phi) is 3.32. The molecule has 4 aliphatic rings. The Hall–Kier alpha value is -0.790. The summed E-state index contributed by atoms with van der Waals surface area (Å²) < 4.78 is 5.11. The molecule has 0 N–H and O–H groups in total. The molecule has 0 aliphatic heterocycles. The summed E-state index contributed by atoms with van der Waals surface area (Å²) in [6.07, 6.45) is 13.8. The van der Waals surface area contributed by atoms with Gasteiger partial charge in [0.15, 0.2) is 0 Å². The van der Waals surface area contributed by atoms with E-state index >= 15 is 0 Å². The van der Waals surface area contributed by atoms with Gasteiger partial charge in [-0.1, -0.05) is 39.3 Å². The number of esters is 1. The minimum Gasteiger partial charge on any atom is -0.469 e. The van der Waals surface area contributed by atoms with Crippen molar-refractivity contribution in [2.75, 3.05) is 7.11 Å². The number of hydrogen-bond donors (Lipinski definition) is 0. The van der Waals surface area contributed by atoms with Crippen LogP contribution < -0.4 is 0 Å². The fourth-order valence-corrected chi connectivity index (χ4v) is 7.59. The van der Waals surface area contributed by atoms with Crippen molar-refractivity contribution >= 4 is 5.97 Å². The van der Waals surface area contributed by atoms with Gasteiger partial charge in [0.2, 0.25) is 0 Å². The average Bonchev–Trinajstić information content (AvgIpc) is 2.47. The highest BCUT2D eigenvalue weighted by molar-refractivity contribution is 5.74. The summed E-state index contributed by atoms with van der Waals surface area (Å²) in [7, 11) is 1.55. The first kappa shape index (κ1) is 15.7. The van der Waals surface area contributed by atoms with E-state index < -0.39 is 0 Å². The Morgan fingerprint density at radius 3 is 2.48 bits per heavy atom. The summed E-state index contributed by atoms with van der Waals surface area (Å²) >= 11 is 0. The zero-order valence-electron chi connectivity index (χ0n) is 15.2. The number of fused-ring (bicyclic) bond motifs is 2. The zero-order chi connectivity index (χ0) is 16.5. The molecule has 0 aromatic heterocycles. The van der Waals surface area contributed by atoms with Crippen molar-refractivity contribution in [3.05, 3.63) is 12.2 Å². The first-order chi connectivity index (χ1) is 10.8. The van der Waals surface area contributed by atoms with E-state index in [9.17, 15) is 4.79 Å². The summed E-state index contributed by atoms with van der Waals surface area (Å²) in [5, 5.41) is 0. The van der Waals surface area contributed by atoms with Gasteiger partial charge in [-0.3, -0.25) is 4.79 Å². The van der Waals surface area contributed by atoms with E-state index in [-0.39, 0.29) is 11.9 Å². The van der Waals surface area contributed by atoms with Crippen molar-refractivity contribution < 1.29 is 9.53 Å². The van der Waals surface area contributed by atoms with Gasteiger partial charge in [0.05, 0.1) is 13.0 Å². The van der Waals surface area contributed by atoms with Crippen LogP contribution in [0, 0.1) is 39.9 Å². The Labute approximate surface area is 141 Å². The lowest BCUT2D eigenvalue weighted by molar-refractivity contribution is -0.177. The van der Waals surface area contributed by atoms with Gasteiger partial charge in [-0.05, 0) is 72.5 Å². The molecule has 0 saturated heterocycles. The van der Waals surface area contributed by atoms with E-state index in [1.54, 1.807) is 7.11 Å². The number of ether oxygens (including phenoxy) is 1. The van der Waals surface area contributed by atoms with E-state index in [1.165, 1.54) is 38.5 Å². The van der Waals surface area contributed by atoms with Gasteiger partial charge >= 0.3 is 5.97 Å². The normalized spacial score (nSPS) is 50.1. The first-order valence-corrected chi connectivity index (χ1v) is 9.62. The molecule has 23 heavy (non-hydrogen) atoms. The highest BCUT2D eigenvalue weighted by Crippen LogP contribution is 2.72. The Balaban J connectivity index is 1.69. The van der Waals surface area contributed by atoms with Gasteiger partial charge < -0.3 is 4.74 Å². The summed E-state index contributed by atoms with van der Waals surface area (Å²) in [4.78, 5) is 12.2. The molecule has 0 radical (unpaired) electrons. The van der Waals surface area contributed by atoms with E-state index in [0.717, 1.165) is 18.3 Å². The minimum absolute atomic E-state index is 0.0217. The van der Waals surface area contributed by atoms with Gasteiger partial charge in [-0.25, -0.2) is 0 Å². The summed E-state index contributed by atoms with van der Waals surface area (Å²) in [5.41, 5.74) is 1.25. The average molecular weight is 316 g/mol. The maximum atomic E-state index is 12.2. The van der Waals surface area contributed by atoms with E-state index in [1.807, 2.05) is 0 Å². The lowest BCUT2D eigenvalue weighted by Crippen LogP contribution is -2.62. The number of rotatable bonds is 1. The summed E-state index contributed by atoms with van der Waals surface area (Å²) in [5.74, 6) is 2.19. The standard InChI is InChI=1S/C21H32O2/c1-19(2)10-5-11-20(3)16(19)9-13-21-12-8-15(21)14(18(22)23-4)6-7-17(20)21/h8,12,14-17H,5-7,9-11,13H2,1-4H3/t14-,15-,16+,17-,20+,21+/m1/s1. The van der Waals surface area contributed by atoms with Crippen molar-refractivity contribution in [2.24, 2.45) is 39.9 Å². The Bertz CT molecular complexity index is 548. The number of carbonyl (C=O) groups excluding carboxylic acids is 1. The molecule has 2 heteroatoms. The molecular formula is C21H32O2. The van der Waals surface area contributed by atoms with Crippen LogP contribution in [0.1, 0.15) is 65.7 Å². The van der Waals surface area contributed by atoms with Crippen molar-refractivity contribution in [3.63, 3.8) is 0 Å². The fourth-order valence-electron chi connectivity index (χ4n) is 7.59. The molecule has 6 atom stereocenters. The van der Waals surface area contributed by atoms with Crippen LogP contribution in [0.4, 0.5) is 0 Å². The topological polar surface area (TPSA) is 26.3 Å². The second kappa shape index (κ2) is 4.86. The lowest BCUT2D eigenvalue weighted by atomic mass is 9.36. The predicted octanol–water partition coefficient (Wildman–Crippen LogP) is 4.98. The van der Waals surface area contributed by atoms with Crippen molar-refractivity contribution in [2.45, 2.75) is 65.7 Å². The lowest BCUT2D eigenvalue weighted by Gasteiger charge is -2.68. The molecule has 128 valence electrons. The highest BCUT2D eigenvalue weighted by atomic mass is 16.5. The monoisotopic (exact) mass is 316 g/mol. The third kappa shape index (κ3) is 1.90. The van der Waals surface area contributed by atoms with Crippen molar-refractivity contribution in [1.29, 1.82) is 0 Å². The van der Waals surface area contributed by atoms with Crippen LogP contribution in [-0.2, 0) is 9.53 Å². The molecule has 0 aromatic carbocycles. The van der Waals surface area contributed by atoms with Gasteiger partial charge in [0.1, 0.15) is 0 Å². The molecule has 3 saturated carbocycles. The van der Waals surface area contributed by atoms with Crippen molar-refractivity contribution in [1.82, 2.24) is 0 Å². The molecule has 0 unspecified atom stereocenters. The summed E-state index contributed by atoms with van der Waals surface area (Å²) in [6, 6.07) is 0. The number of allylic oxidation sites excluding steroid dienone is 2. The predicted molar refractivity (Wildman–Crippen MR) is 91.8 cm³/mol. The second-order valence-corrected chi connectivity index (χ2v) is 9.70. The van der Waals surface area contributed by atoms with Gasteiger partial charge in [-0.2, -0.15) is 0 Å². The number of carbonyl (C=O) groups is 1. The molecule has 3 fully saturated rings. The SMILES string of the molecule is COC(=O)[C@@H]1CC[C@@H]2[C@@]3(C)CCCC(C)(C)[C@@H]3CC[C@]23C=C[C@H]13. The summed E-state index contributed by atoms with van der Waals surface area (Å²) in [6.45, 7) is 7.59. The largest absolute Gasteiger partial charge is 0.469 e. The van der Waals surface area contributed by atoms with Gasteiger partial charge in [0, 0.05) is 0 Å². The minimum atomic E-state index is 0.0217. The highest BCUT2D eigenvalue weighted by Gasteiger charge is 2.65. The van der Waals surface area contributed by atoms with Crippen LogP contribution in [0.15, 0.2) is 12.2 Å². The van der Waals surface area contributed by atoms with E-state index in [4.69, 9.17) is 4.74 Å². The van der Waals surface area contributed by atoms with Gasteiger partial charge in [0.25, 0.3) is 0 Å². The van der Waals surface area contributed by atoms with E-state index in [0.29, 0.717) is 22.2 Å². The van der Waals surface area contributed by atoms with Crippen LogP contribution in [0.3, 0.4) is 0 Å². The number of methoxy groups -OCH3 is 1. The van der Waals surface area contributed by atoms with Crippen LogP contribution in [0.5, 0.6) is 0 Å². The van der Waals surface area contributed by atoms with Crippen LogP contribution in [0.2, 0.25) is 0 Å². The maximum Gasteiger partial charge on any atom is 0.309 e. The Morgan fingerprint density at radius 1 is 1.04 bits per heavy atom.